The van der Waals surface area contributed by atoms with Crippen molar-refractivity contribution in [3.8, 4) is 6.07 Å². The minimum atomic E-state index is -0.00648. The van der Waals surface area contributed by atoms with E-state index in [2.05, 4.69) is 59.8 Å². The lowest BCUT2D eigenvalue weighted by Crippen LogP contribution is -2.30. The minimum absolute atomic E-state index is 0.00648. The third-order valence-corrected chi connectivity index (χ3v) is 3.82. The summed E-state index contributed by atoms with van der Waals surface area (Å²) in [6, 6.07) is 8.88. The summed E-state index contributed by atoms with van der Waals surface area (Å²) in [6.45, 7) is 6.32. The topological polar surface area (TPSA) is 27.0 Å². The van der Waals surface area contributed by atoms with Gasteiger partial charge >= 0.3 is 0 Å². The van der Waals surface area contributed by atoms with Gasteiger partial charge in [0.05, 0.1) is 18.0 Å². The Bertz CT molecular complexity index is 446. The minimum Gasteiger partial charge on any atom is -0.301 e. The molecule has 2 atom stereocenters. The van der Waals surface area contributed by atoms with Gasteiger partial charge < -0.3 is 4.90 Å². The van der Waals surface area contributed by atoms with Crippen molar-refractivity contribution in [2.45, 2.75) is 26.8 Å². The van der Waals surface area contributed by atoms with Gasteiger partial charge in [0.1, 0.15) is 0 Å². The number of hydrogen-bond acceptors (Lipinski definition) is 2. The molecule has 0 saturated heterocycles. The Labute approximate surface area is 119 Å². The standard InChI is InChI=1S/C15H21BrN2/c1-10(2)14(9-17)15(18(4)5)13-8-12(16)7-6-11(13)3/h6-8,10,14-15H,1-5H3. The molecule has 0 bridgehead atoms. The van der Waals surface area contributed by atoms with Gasteiger partial charge in [0, 0.05) is 4.47 Å². The zero-order chi connectivity index (χ0) is 13.9. The second kappa shape index (κ2) is 6.36. The van der Waals surface area contributed by atoms with Crippen LogP contribution in [0.4, 0.5) is 0 Å². The van der Waals surface area contributed by atoms with Gasteiger partial charge in [-0.25, -0.2) is 0 Å². The lowest BCUT2D eigenvalue weighted by Gasteiger charge is -2.32. The molecule has 0 aliphatic rings. The van der Waals surface area contributed by atoms with Crippen molar-refractivity contribution in [2.75, 3.05) is 14.1 Å². The average Bonchev–Trinajstić information content (AvgIpc) is 2.28. The molecule has 0 saturated carbocycles. The van der Waals surface area contributed by atoms with Crippen LogP contribution in [0.1, 0.15) is 31.0 Å². The molecule has 0 N–H and O–H groups in total. The number of halogens is 1. The van der Waals surface area contributed by atoms with E-state index in [1.165, 1.54) is 11.1 Å². The molecular weight excluding hydrogens is 288 g/mol. The van der Waals surface area contributed by atoms with Crippen molar-refractivity contribution >= 4 is 15.9 Å². The molecule has 1 rings (SSSR count). The molecule has 0 aromatic heterocycles. The maximum atomic E-state index is 9.45. The quantitative estimate of drug-likeness (QED) is 0.835. The molecule has 0 aliphatic heterocycles. The highest BCUT2D eigenvalue weighted by Crippen LogP contribution is 2.34. The monoisotopic (exact) mass is 308 g/mol. The maximum absolute atomic E-state index is 9.45. The summed E-state index contributed by atoms with van der Waals surface area (Å²) >= 11 is 3.52. The molecule has 0 fully saturated rings. The summed E-state index contributed by atoms with van der Waals surface area (Å²) in [6.07, 6.45) is 0. The molecular formula is C15H21BrN2. The van der Waals surface area contributed by atoms with Crippen LogP contribution in [-0.4, -0.2) is 19.0 Å². The zero-order valence-corrected chi connectivity index (χ0v) is 13.3. The van der Waals surface area contributed by atoms with Gasteiger partial charge in [-0.2, -0.15) is 5.26 Å². The van der Waals surface area contributed by atoms with E-state index < -0.39 is 0 Å². The van der Waals surface area contributed by atoms with Crippen molar-refractivity contribution in [1.82, 2.24) is 4.90 Å². The fourth-order valence-electron chi connectivity index (χ4n) is 2.31. The summed E-state index contributed by atoms with van der Waals surface area (Å²) in [4.78, 5) is 2.14. The largest absolute Gasteiger partial charge is 0.301 e. The van der Waals surface area contributed by atoms with E-state index in [4.69, 9.17) is 0 Å². The number of benzene rings is 1. The van der Waals surface area contributed by atoms with Crippen LogP contribution in [0.25, 0.3) is 0 Å². The number of hydrogen-bond donors (Lipinski definition) is 0. The Morgan fingerprint density at radius 3 is 2.33 bits per heavy atom. The van der Waals surface area contributed by atoms with Crippen LogP contribution in [0.3, 0.4) is 0 Å². The highest BCUT2D eigenvalue weighted by atomic mass is 79.9. The van der Waals surface area contributed by atoms with E-state index in [9.17, 15) is 5.26 Å². The van der Waals surface area contributed by atoms with Gasteiger partial charge in [-0.1, -0.05) is 35.8 Å². The van der Waals surface area contributed by atoms with Gasteiger partial charge in [-0.3, -0.25) is 0 Å². The van der Waals surface area contributed by atoms with Crippen molar-refractivity contribution in [3.63, 3.8) is 0 Å². The molecule has 1 aromatic carbocycles. The number of rotatable bonds is 4. The molecule has 0 spiro atoms. The Hall–Kier alpha value is -0.850. The summed E-state index contributed by atoms with van der Waals surface area (Å²) in [5.74, 6) is 0.328. The number of aryl methyl sites for hydroxylation is 1. The first-order chi connectivity index (χ1) is 8.38. The highest BCUT2D eigenvalue weighted by molar-refractivity contribution is 9.10. The van der Waals surface area contributed by atoms with Gasteiger partial charge in [0.2, 0.25) is 0 Å². The molecule has 2 unspecified atom stereocenters. The molecule has 0 radical (unpaired) electrons. The van der Waals surface area contributed by atoms with Crippen LogP contribution < -0.4 is 0 Å². The normalized spacial score (nSPS) is 14.6. The van der Waals surface area contributed by atoms with Crippen molar-refractivity contribution in [2.24, 2.45) is 11.8 Å². The third-order valence-electron chi connectivity index (χ3n) is 3.32. The predicted molar refractivity (Wildman–Crippen MR) is 79.2 cm³/mol. The van der Waals surface area contributed by atoms with E-state index in [1.54, 1.807) is 0 Å². The summed E-state index contributed by atoms with van der Waals surface area (Å²) in [5, 5.41) is 9.45. The van der Waals surface area contributed by atoms with Crippen LogP contribution in [-0.2, 0) is 0 Å². The lowest BCUT2D eigenvalue weighted by molar-refractivity contribution is 0.209. The molecule has 0 amide bonds. The van der Waals surface area contributed by atoms with Gasteiger partial charge in [0.15, 0.2) is 0 Å². The maximum Gasteiger partial charge on any atom is 0.0683 e. The molecule has 3 heteroatoms. The van der Waals surface area contributed by atoms with Crippen LogP contribution in [0.2, 0.25) is 0 Å². The fraction of sp³-hybridized carbons (Fsp3) is 0.533. The summed E-state index contributed by atoms with van der Waals surface area (Å²) < 4.78 is 1.07. The van der Waals surface area contributed by atoms with E-state index in [0.717, 1.165) is 4.47 Å². The van der Waals surface area contributed by atoms with Gasteiger partial charge in [-0.15, -0.1) is 0 Å². The Balaban J connectivity index is 3.28. The van der Waals surface area contributed by atoms with Crippen LogP contribution in [0.15, 0.2) is 22.7 Å². The predicted octanol–water partition coefficient (Wildman–Crippen LogP) is 4.16. The Morgan fingerprint density at radius 2 is 1.89 bits per heavy atom. The van der Waals surface area contributed by atoms with E-state index in [0.29, 0.717) is 5.92 Å². The molecule has 18 heavy (non-hydrogen) atoms. The second-order valence-corrected chi connectivity index (χ2v) is 6.22. The van der Waals surface area contributed by atoms with Gasteiger partial charge in [0.25, 0.3) is 0 Å². The van der Waals surface area contributed by atoms with Crippen molar-refractivity contribution < 1.29 is 0 Å². The number of nitrogens with zero attached hydrogens (tertiary/aromatic N) is 2. The van der Waals surface area contributed by atoms with Crippen molar-refractivity contribution in [3.05, 3.63) is 33.8 Å². The summed E-state index contributed by atoms with van der Waals surface area (Å²) in [5.41, 5.74) is 2.47. The van der Waals surface area contributed by atoms with E-state index in [-0.39, 0.29) is 12.0 Å². The Morgan fingerprint density at radius 1 is 1.28 bits per heavy atom. The molecule has 0 aliphatic carbocycles. The highest BCUT2D eigenvalue weighted by Gasteiger charge is 2.28. The first kappa shape index (κ1) is 15.2. The molecule has 0 heterocycles. The van der Waals surface area contributed by atoms with E-state index >= 15 is 0 Å². The lowest BCUT2D eigenvalue weighted by atomic mass is 9.83. The van der Waals surface area contributed by atoms with Crippen molar-refractivity contribution in [1.29, 1.82) is 5.26 Å². The molecule has 2 nitrogen and oxygen atoms in total. The van der Waals surface area contributed by atoms with E-state index in [1.807, 2.05) is 20.2 Å². The summed E-state index contributed by atoms with van der Waals surface area (Å²) in [7, 11) is 4.08. The first-order valence-corrected chi connectivity index (χ1v) is 6.99. The van der Waals surface area contributed by atoms with Crippen LogP contribution in [0, 0.1) is 30.1 Å². The molecule has 1 aromatic rings. The Kier molecular flexibility index (Phi) is 5.37. The van der Waals surface area contributed by atoms with Gasteiger partial charge in [-0.05, 0) is 50.2 Å². The van der Waals surface area contributed by atoms with Crippen LogP contribution >= 0.6 is 15.9 Å². The third kappa shape index (κ3) is 3.34. The van der Waals surface area contributed by atoms with Crippen LogP contribution in [0.5, 0.6) is 0 Å². The first-order valence-electron chi connectivity index (χ1n) is 6.20. The number of nitriles is 1. The SMILES string of the molecule is Cc1ccc(Br)cc1C(C(C#N)C(C)C)N(C)C. The average molecular weight is 309 g/mol. The fourth-order valence-corrected chi connectivity index (χ4v) is 2.69. The smallest absolute Gasteiger partial charge is 0.0683 e. The second-order valence-electron chi connectivity index (χ2n) is 5.31. The zero-order valence-electron chi connectivity index (χ0n) is 11.7. The molecule has 98 valence electrons.